The maximum absolute atomic E-state index is 5.70. The van der Waals surface area contributed by atoms with E-state index in [9.17, 15) is 0 Å². The van der Waals surface area contributed by atoms with Gasteiger partial charge in [0, 0.05) is 42.4 Å². The van der Waals surface area contributed by atoms with Crippen LogP contribution in [0.4, 0.5) is 5.69 Å². The molecule has 0 amide bonds. The van der Waals surface area contributed by atoms with Gasteiger partial charge in [-0.3, -0.25) is 0 Å². The molecule has 0 unspecified atom stereocenters. The Morgan fingerprint density at radius 2 is 1.85 bits per heavy atom. The van der Waals surface area contributed by atoms with Crippen LogP contribution in [0.1, 0.15) is 19.4 Å². The molecule has 0 spiro atoms. The number of hydrogen-bond donors (Lipinski definition) is 1. The maximum Gasteiger partial charge on any atom is 0.173 e. The number of nitrogens with one attached hydrogen (secondary N) is 1. The number of rotatable bonds is 5. The Kier molecular flexibility index (Phi) is 5.47. The smallest absolute Gasteiger partial charge is 0.173 e. The average Bonchev–Trinajstić information content (AvgIpc) is 2.96. The molecule has 0 atom stereocenters. The normalized spacial score (nSPS) is 11.0. The molecule has 0 aliphatic heterocycles. The summed E-state index contributed by atoms with van der Waals surface area (Å²) in [6.45, 7) is 5.08. The molecule has 1 aromatic heterocycles. The summed E-state index contributed by atoms with van der Waals surface area (Å²) in [6, 6.07) is 16.6. The Balaban J connectivity index is 1.80. The van der Waals surface area contributed by atoms with E-state index < -0.39 is 0 Å². The van der Waals surface area contributed by atoms with Gasteiger partial charge in [0.2, 0.25) is 0 Å². The number of fused-ring (bicyclic) bond motifs is 1. The van der Waals surface area contributed by atoms with Gasteiger partial charge in [0.15, 0.2) is 5.11 Å². The van der Waals surface area contributed by atoms with Gasteiger partial charge in [-0.1, -0.05) is 18.2 Å². The van der Waals surface area contributed by atoms with Crippen LogP contribution in [-0.4, -0.2) is 27.7 Å². The number of methoxy groups -OCH3 is 1. The molecule has 0 bridgehead atoms. The maximum atomic E-state index is 5.70. The van der Waals surface area contributed by atoms with Crippen molar-refractivity contribution in [2.24, 2.45) is 7.05 Å². The van der Waals surface area contributed by atoms with E-state index in [-0.39, 0.29) is 6.04 Å². The minimum Gasteiger partial charge on any atom is -0.497 e. The lowest BCUT2D eigenvalue weighted by atomic mass is 10.1. The van der Waals surface area contributed by atoms with Gasteiger partial charge in [-0.2, -0.15) is 0 Å². The third-order valence-corrected chi connectivity index (χ3v) is 4.88. The highest BCUT2D eigenvalue weighted by Crippen LogP contribution is 2.23. The number of benzene rings is 2. The van der Waals surface area contributed by atoms with Crippen molar-refractivity contribution >= 4 is 33.9 Å². The summed E-state index contributed by atoms with van der Waals surface area (Å²) >= 11 is 5.70. The second-order valence-electron chi connectivity index (χ2n) is 6.66. The van der Waals surface area contributed by atoms with Crippen LogP contribution in [0.3, 0.4) is 0 Å². The summed E-state index contributed by atoms with van der Waals surface area (Å²) in [4.78, 5) is 2.21. The zero-order valence-electron chi connectivity index (χ0n) is 15.7. The van der Waals surface area contributed by atoms with Crippen molar-refractivity contribution in [2.75, 3.05) is 12.4 Å². The Morgan fingerprint density at radius 3 is 2.50 bits per heavy atom. The Bertz CT molecular complexity index is 899. The van der Waals surface area contributed by atoms with Crippen LogP contribution in [0.5, 0.6) is 5.75 Å². The molecular weight excluding hydrogens is 342 g/mol. The van der Waals surface area contributed by atoms with Crippen molar-refractivity contribution in [3.8, 4) is 5.75 Å². The van der Waals surface area contributed by atoms with E-state index in [0.29, 0.717) is 0 Å². The lowest BCUT2D eigenvalue weighted by Gasteiger charge is -2.29. The number of aromatic nitrogens is 1. The molecule has 1 N–H and O–H groups in total. The molecule has 0 saturated heterocycles. The molecule has 3 aromatic rings. The fraction of sp³-hybridized carbons (Fsp3) is 0.286. The quantitative estimate of drug-likeness (QED) is 0.656. The molecule has 136 valence electrons. The van der Waals surface area contributed by atoms with Gasteiger partial charge in [0.05, 0.1) is 7.11 Å². The van der Waals surface area contributed by atoms with E-state index in [4.69, 9.17) is 17.0 Å². The Hall–Kier alpha value is -2.53. The van der Waals surface area contributed by atoms with Crippen LogP contribution in [0.25, 0.3) is 10.9 Å². The molecule has 0 radical (unpaired) electrons. The lowest BCUT2D eigenvalue weighted by molar-refractivity contribution is 0.349. The first kappa shape index (κ1) is 18.3. The lowest BCUT2D eigenvalue weighted by Crippen LogP contribution is -2.39. The molecule has 0 aliphatic carbocycles. The average molecular weight is 368 g/mol. The molecule has 0 saturated carbocycles. The van der Waals surface area contributed by atoms with Crippen LogP contribution in [-0.2, 0) is 13.6 Å². The van der Waals surface area contributed by atoms with E-state index in [1.807, 2.05) is 24.3 Å². The Morgan fingerprint density at radius 1 is 1.15 bits per heavy atom. The summed E-state index contributed by atoms with van der Waals surface area (Å²) in [5.74, 6) is 0.831. The minimum absolute atomic E-state index is 0.284. The summed E-state index contributed by atoms with van der Waals surface area (Å²) in [5.41, 5.74) is 3.47. The molecule has 1 heterocycles. The van der Waals surface area contributed by atoms with Crippen LogP contribution < -0.4 is 10.1 Å². The van der Waals surface area contributed by atoms with Crippen LogP contribution in [0.15, 0.2) is 54.7 Å². The highest BCUT2D eigenvalue weighted by molar-refractivity contribution is 7.80. The third kappa shape index (κ3) is 3.83. The van der Waals surface area contributed by atoms with Crippen LogP contribution in [0.2, 0.25) is 0 Å². The summed E-state index contributed by atoms with van der Waals surface area (Å²) in [7, 11) is 3.75. The topological polar surface area (TPSA) is 29.4 Å². The van der Waals surface area contributed by atoms with Crippen molar-refractivity contribution in [3.05, 3.63) is 60.3 Å². The first-order valence-corrected chi connectivity index (χ1v) is 9.15. The van der Waals surface area contributed by atoms with Crippen molar-refractivity contribution in [1.82, 2.24) is 9.47 Å². The highest BCUT2D eigenvalue weighted by atomic mass is 32.1. The molecule has 0 fully saturated rings. The van der Waals surface area contributed by atoms with Gasteiger partial charge in [-0.25, -0.2) is 0 Å². The largest absolute Gasteiger partial charge is 0.497 e. The number of thiocarbonyl (C=S) groups is 1. The standard InChI is InChI=1S/C21H25N3OS/c1-15(2)24(21(26)22-17-9-11-18(25-4)12-10-17)14-16-13-23(3)20-8-6-5-7-19(16)20/h5-13,15H,14H2,1-4H3,(H,22,26). The zero-order valence-corrected chi connectivity index (χ0v) is 16.5. The number of nitrogens with zero attached hydrogens (tertiary/aromatic N) is 2. The number of ether oxygens (including phenoxy) is 1. The minimum atomic E-state index is 0.284. The number of aryl methyl sites for hydroxylation is 1. The molecule has 26 heavy (non-hydrogen) atoms. The summed E-state index contributed by atoms with van der Waals surface area (Å²) in [5, 5.41) is 5.34. The van der Waals surface area contributed by atoms with Crippen molar-refractivity contribution in [2.45, 2.75) is 26.4 Å². The first-order valence-electron chi connectivity index (χ1n) is 8.74. The molecular formula is C21H25N3OS. The summed E-state index contributed by atoms with van der Waals surface area (Å²) in [6.07, 6.45) is 2.19. The van der Waals surface area contributed by atoms with Gasteiger partial charge >= 0.3 is 0 Å². The fourth-order valence-electron chi connectivity index (χ4n) is 3.09. The molecule has 5 heteroatoms. The zero-order chi connectivity index (χ0) is 18.7. The van der Waals surface area contributed by atoms with Gasteiger partial charge in [0.1, 0.15) is 5.75 Å². The van der Waals surface area contributed by atoms with E-state index in [2.05, 4.69) is 66.1 Å². The van der Waals surface area contributed by atoms with E-state index in [1.165, 1.54) is 16.5 Å². The van der Waals surface area contributed by atoms with Crippen molar-refractivity contribution < 1.29 is 4.74 Å². The molecule has 2 aromatic carbocycles. The second kappa shape index (κ2) is 7.79. The SMILES string of the molecule is COc1ccc(NC(=S)N(Cc2cn(C)c3ccccc23)C(C)C)cc1. The van der Waals surface area contributed by atoms with Gasteiger partial charge in [-0.05, 0) is 62.0 Å². The monoisotopic (exact) mass is 367 g/mol. The van der Waals surface area contributed by atoms with Crippen LogP contribution >= 0.6 is 12.2 Å². The van der Waals surface area contributed by atoms with Crippen molar-refractivity contribution in [3.63, 3.8) is 0 Å². The predicted octanol–water partition coefficient (Wildman–Crippen LogP) is 4.79. The molecule has 0 aliphatic rings. The molecule has 3 rings (SSSR count). The second-order valence-corrected chi connectivity index (χ2v) is 7.05. The fourth-order valence-corrected chi connectivity index (χ4v) is 3.49. The summed E-state index contributed by atoms with van der Waals surface area (Å²) < 4.78 is 7.38. The van der Waals surface area contributed by atoms with Gasteiger partial charge in [-0.15, -0.1) is 0 Å². The van der Waals surface area contributed by atoms with Gasteiger partial charge in [0.25, 0.3) is 0 Å². The third-order valence-electron chi connectivity index (χ3n) is 4.55. The molecule has 4 nitrogen and oxygen atoms in total. The van der Waals surface area contributed by atoms with Gasteiger partial charge < -0.3 is 19.5 Å². The van der Waals surface area contributed by atoms with E-state index >= 15 is 0 Å². The number of para-hydroxylation sites is 1. The van der Waals surface area contributed by atoms with Crippen LogP contribution in [0, 0.1) is 0 Å². The highest BCUT2D eigenvalue weighted by Gasteiger charge is 2.17. The van der Waals surface area contributed by atoms with E-state index in [0.717, 1.165) is 23.1 Å². The predicted molar refractivity (Wildman–Crippen MR) is 113 cm³/mol. The Labute approximate surface area is 160 Å². The van der Waals surface area contributed by atoms with Crippen molar-refractivity contribution in [1.29, 1.82) is 0 Å². The number of hydrogen-bond acceptors (Lipinski definition) is 2. The number of anilines is 1. The van der Waals surface area contributed by atoms with E-state index in [1.54, 1.807) is 7.11 Å². The first-order chi connectivity index (χ1) is 12.5.